The first-order valence-electron chi connectivity index (χ1n) is 3.81. The van der Waals surface area contributed by atoms with Gasteiger partial charge in [-0.3, -0.25) is 4.79 Å². The van der Waals surface area contributed by atoms with Crippen LogP contribution in [0.15, 0.2) is 34.3 Å². The minimum absolute atomic E-state index is 0.0584. The molecule has 0 saturated carbocycles. The summed E-state index contributed by atoms with van der Waals surface area (Å²) in [6.07, 6.45) is 1.45. The van der Waals surface area contributed by atoms with Crippen LogP contribution in [-0.2, 0) is 4.79 Å². The molecule has 0 radical (unpaired) electrons. The SMILES string of the molecule is N#C/C(=C\c1ccccc1Br)C(N)=O. The van der Waals surface area contributed by atoms with Gasteiger partial charge in [-0.05, 0) is 17.7 Å². The van der Waals surface area contributed by atoms with Crippen molar-refractivity contribution in [1.82, 2.24) is 0 Å². The van der Waals surface area contributed by atoms with Crippen molar-refractivity contribution in [2.24, 2.45) is 5.73 Å². The Kier molecular flexibility index (Phi) is 3.43. The van der Waals surface area contributed by atoms with E-state index in [9.17, 15) is 4.79 Å². The lowest BCUT2D eigenvalue weighted by molar-refractivity contribution is -0.114. The molecule has 1 aromatic carbocycles. The van der Waals surface area contributed by atoms with Crippen LogP contribution in [0.3, 0.4) is 0 Å². The molecule has 0 saturated heterocycles. The first-order chi connectivity index (χ1) is 6.65. The van der Waals surface area contributed by atoms with Crippen molar-refractivity contribution in [2.75, 3.05) is 0 Å². The second kappa shape index (κ2) is 4.58. The molecule has 0 atom stereocenters. The highest BCUT2D eigenvalue weighted by atomic mass is 79.9. The van der Waals surface area contributed by atoms with Crippen molar-refractivity contribution in [2.45, 2.75) is 0 Å². The summed E-state index contributed by atoms with van der Waals surface area (Å²) in [6, 6.07) is 9.00. The Hall–Kier alpha value is -1.60. The molecule has 0 aliphatic carbocycles. The minimum Gasteiger partial charge on any atom is -0.365 e. The molecule has 0 aromatic heterocycles. The van der Waals surface area contributed by atoms with Crippen LogP contribution in [0, 0.1) is 11.3 Å². The number of nitrogens with zero attached hydrogens (tertiary/aromatic N) is 1. The van der Waals surface area contributed by atoms with Gasteiger partial charge in [0, 0.05) is 4.47 Å². The molecule has 3 nitrogen and oxygen atoms in total. The van der Waals surface area contributed by atoms with Crippen molar-refractivity contribution in [3.63, 3.8) is 0 Å². The molecule has 4 heteroatoms. The Balaban J connectivity index is 3.15. The lowest BCUT2D eigenvalue weighted by atomic mass is 10.1. The van der Waals surface area contributed by atoms with E-state index >= 15 is 0 Å². The van der Waals surface area contributed by atoms with Gasteiger partial charge >= 0.3 is 0 Å². The molecule has 70 valence electrons. The van der Waals surface area contributed by atoms with E-state index in [0.29, 0.717) is 0 Å². The lowest BCUT2D eigenvalue weighted by Gasteiger charge is -1.97. The van der Waals surface area contributed by atoms with E-state index in [1.54, 1.807) is 12.1 Å². The third kappa shape index (κ3) is 2.44. The third-order valence-corrected chi connectivity index (χ3v) is 2.31. The van der Waals surface area contributed by atoms with Gasteiger partial charge in [0.25, 0.3) is 5.91 Å². The van der Waals surface area contributed by atoms with E-state index in [1.165, 1.54) is 6.08 Å². The van der Waals surface area contributed by atoms with E-state index in [1.807, 2.05) is 18.2 Å². The van der Waals surface area contributed by atoms with E-state index < -0.39 is 5.91 Å². The maximum absolute atomic E-state index is 10.8. The summed E-state index contributed by atoms with van der Waals surface area (Å²) in [7, 11) is 0. The zero-order valence-electron chi connectivity index (χ0n) is 7.20. The monoisotopic (exact) mass is 250 g/mol. The Bertz CT molecular complexity index is 432. The van der Waals surface area contributed by atoms with E-state index in [4.69, 9.17) is 11.0 Å². The normalized spacial score (nSPS) is 10.7. The standard InChI is InChI=1S/C10H7BrN2O/c11-9-4-2-1-3-7(9)5-8(6-12)10(13)14/h1-5H,(H2,13,14)/b8-5+. The van der Waals surface area contributed by atoms with Gasteiger partial charge in [-0.25, -0.2) is 0 Å². The zero-order chi connectivity index (χ0) is 10.6. The number of nitrogens with two attached hydrogens (primary N) is 1. The van der Waals surface area contributed by atoms with Crippen LogP contribution in [0.1, 0.15) is 5.56 Å². The average molecular weight is 251 g/mol. The quantitative estimate of drug-likeness (QED) is 0.643. The van der Waals surface area contributed by atoms with Gasteiger partial charge in [-0.15, -0.1) is 0 Å². The molecule has 1 aromatic rings. The molecule has 0 spiro atoms. The van der Waals surface area contributed by atoms with Crippen molar-refractivity contribution in [3.05, 3.63) is 39.9 Å². The first-order valence-corrected chi connectivity index (χ1v) is 4.60. The number of carbonyl (C=O) groups excluding carboxylic acids is 1. The highest BCUT2D eigenvalue weighted by Crippen LogP contribution is 2.18. The molecule has 0 aliphatic rings. The van der Waals surface area contributed by atoms with Gasteiger partial charge in [0.05, 0.1) is 0 Å². The van der Waals surface area contributed by atoms with E-state index in [2.05, 4.69) is 15.9 Å². The third-order valence-electron chi connectivity index (χ3n) is 1.59. The number of carbonyl (C=O) groups is 1. The fourth-order valence-corrected chi connectivity index (χ4v) is 1.31. The largest absolute Gasteiger partial charge is 0.365 e. The molecule has 0 fully saturated rings. The number of hydrogen-bond donors (Lipinski definition) is 1. The molecule has 1 amide bonds. The number of nitriles is 1. The summed E-state index contributed by atoms with van der Waals surface area (Å²) in [5, 5.41) is 8.61. The first kappa shape index (κ1) is 10.5. The van der Waals surface area contributed by atoms with Crippen LogP contribution in [0.4, 0.5) is 0 Å². The number of primary amides is 1. The van der Waals surface area contributed by atoms with Crippen LogP contribution >= 0.6 is 15.9 Å². The Morgan fingerprint density at radius 3 is 2.64 bits per heavy atom. The summed E-state index contributed by atoms with van der Waals surface area (Å²) in [6.45, 7) is 0. The number of halogens is 1. The summed E-state index contributed by atoms with van der Waals surface area (Å²) >= 11 is 3.30. The maximum Gasteiger partial charge on any atom is 0.259 e. The van der Waals surface area contributed by atoms with Gasteiger partial charge < -0.3 is 5.73 Å². The van der Waals surface area contributed by atoms with Gasteiger partial charge in [-0.1, -0.05) is 34.1 Å². The Morgan fingerprint density at radius 1 is 1.50 bits per heavy atom. The second-order valence-corrected chi connectivity index (χ2v) is 3.41. The molecule has 1 rings (SSSR count). The predicted octanol–water partition coefficient (Wildman–Crippen LogP) is 1.84. The van der Waals surface area contributed by atoms with Crippen LogP contribution in [0.5, 0.6) is 0 Å². The van der Waals surface area contributed by atoms with Crippen molar-refractivity contribution in [1.29, 1.82) is 5.26 Å². The predicted molar refractivity (Wildman–Crippen MR) is 56.9 cm³/mol. The topological polar surface area (TPSA) is 66.9 Å². The van der Waals surface area contributed by atoms with E-state index in [0.717, 1.165) is 10.0 Å². The fourth-order valence-electron chi connectivity index (χ4n) is 0.906. The maximum atomic E-state index is 10.8. The number of rotatable bonds is 2. The van der Waals surface area contributed by atoms with Crippen LogP contribution in [0.2, 0.25) is 0 Å². The zero-order valence-corrected chi connectivity index (χ0v) is 8.78. The van der Waals surface area contributed by atoms with Gasteiger partial charge in [-0.2, -0.15) is 5.26 Å². The lowest BCUT2D eigenvalue weighted by Crippen LogP contribution is -2.12. The van der Waals surface area contributed by atoms with Crippen LogP contribution in [0.25, 0.3) is 6.08 Å². The van der Waals surface area contributed by atoms with Crippen molar-refractivity contribution < 1.29 is 4.79 Å². The van der Waals surface area contributed by atoms with Gasteiger partial charge in [0.15, 0.2) is 0 Å². The smallest absolute Gasteiger partial charge is 0.259 e. The number of hydrogen-bond acceptors (Lipinski definition) is 2. The molecule has 0 bridgehead atoms. The number of benzene rings is 1. The van der Waals surface area contributed by atoms with Crippen LogP contribution in [-0.4, -0.2) is 5.91 Å². The fraction of sp³-hybridized carbons (Fsp3) is 0. The molecule has 14 heavy (non-hydrogen) atoms. The Labute approximate surface area is 90.0 Å². The minimum atomic E-state index is -0.719. The van der Waals surface area contributed by atoms with Gasteiger partial charge in [0.2, 0.25) is 0 Å². The summed E-state index contributed by atoms with van der Waals surface area (Å²) < 4.78 is 0.814. The number of amides is 1. The summed E-state index contributed by atoms with van der Waals surface area (Å²) in [5.41, 5.74) is 5.69. The molecule has 0 heterocycles. The highest BCUT2D eigenvalue weighted by Gasteiger charge is 2.04. The van der Waals surface area contributed by atoms with Gasteiger partial charge in [0.1, 0.15) is 11.6 Å². The van der Waals surface area contributed by atoms with Crippen LogP contribution < -0.4 is 5.73 Å². The Morgan fingerprint density at radius 2 is 2.14 bits per heavy atom. The molecular formula is C10H7BrN2O. The van der Waals surface area contributed by atoms with Crippen molar-refractivity contribution in [3.8, 4) is 6.07 Å². The summed E-state index contributed by atoms with van der Waals surface area (Å²) in [5.74, 6) is -0.719. The molecule has 0 aliphatic heterocycles. The van der Waals surface area contributed by atoms with E-state index in [-0.39, 0.29) is 5.57 Å². The second-order valence-electron chi connectivity index (χ2n) is 2.56. The molecular weight excluding hydrogens is 244 g/mol. The molecule has 2 N–H and O–H groups in total. The van der Waals surface area contributed by atoms with Crippen molar-refractivity contribution >= 4 is 27.9 Å². The molecule has 0 unspecified atom stereocenters. The summed E-state index contributed by atoms with van der Waals surface area (Å²) in [4.78, 5) is 10.8. The average Bonchev–Trinajstić information content (AvgIpc) is 2.16. The highest BCUT2D eigenvalue weighted by molar-refractivity contribution is 9.10.